The number of amides is 1. The molecule has 0 spiro atoms. The number of thiazole rings is 1. The first-order valence-corrected chi connectivity index (χ1v) is 9.29. The molecule has 1 aliphatic rings. The lowest BCUT2D eigenvalue weighted by Gasteiger charge is -2.34. The van der Waals surface area contributed by atoms with Crippen molar-refractivity contribution in [1.29, 1.82) is 0 Å². The van der Waals surface area contributed by atoms with Gasteiger partial charge in [0, 0.05) is 25.0 Å². The molecule has 1 fully saturated rings. The molecule has 136 valence electrons. The smallest absolute Gasteiger partial charge is 0.266 e. The summed E-state index contributed by atoms with van der Waals surface area (Å²) in [6, 6.07) is 2.09. The number of carbonyl (C=O) groups is 1. The fourth-order valence-corrected chi connectivity index (χ4v) is 4.01. The molecule has 0 saturated carbocycles. The van der Waals surface area contributed by atoms with E-state index >= 15 is 0 Å². The molecule has 0 bridgehead atoms. The number of piperidine rings is 1. The van der Waals surface area contributed by atoms with Gasteiger partial charge in [-0.15, -0.1) is 23.7 Å². The molecular formula is C17H24ClN5OS. The molecule has 0 atom stereocenters. The fourth-order valence-electron chi connectivity index (χ4n) is 3.04. The molecule has 8 heteroatoms. The van der Waals surface area contributed by atoms with E-state index in [-0.39, 0.29) is 18.3 Å². The molecule has 6 nitrogen and oxygen atoms in total. The molecule has 0 radical (unpaired) electrons. The molecule has 3 heterocycles. The standard InChI is InChI=1S/C17H23N5OS.ClH/c1-3-11-22(13-5-9-18-10-6-13)17(23)14-12(2)21-16(24-14)15-19-7-4-8-20-15;/h4,7-8,13,18H,3,5-6,9-11H2,1-2H3;1H. The van der Waals surface area contributed by atoms with E-state index in [1.165, 1.54) is 11.3 Å². The van der Waals surface area contributed by atoms with Crippen molar-refractivity contribution in [2.75, 3.05) is 19.6 Å². The van der Waals surface area contributed by atoms with E-state index in [2.05, 4.69) is 27.2 Å². The number of nitrogens with one attached hydrogen (secondary N) is 1. The summed E-state index contributed by atoms with van der Waals surface area (Å²) in [6.07, 6.45) is 6.37. The predicted molar refractivity (Wildman–Crippen MR) is 102 cm³/mol. The topological polar surface area (TPSA) is 71.0 Å². The highest BCUT2D eigenvalue weighted by atomic mass is 35.5. The van der Waals surface area contributed by atoms with Gasteiger partial charge in [0.1, 0.15) is 4.88 Å². The van der Waals surface area contributed by atoms with Crippen molar-refractivity contribution in [3.8, 4) is 10.8 Å². The van der Waals surface area contributed by atoms with Crippen molar-refractivity contribution in [3.63, 3.8) is 0 Å². The molecule has 3 rings (SSSR count). The first kappa shape index (κ1) is 19.8. The molecule has 2 aromatic rings. The van der Waals surface area contributed by atoms with Crippen LogP contribution in [0, 0.1) is 6.92 Å². The zero-order valence-electron chi connectivity index (χ0n) is 14.6. The maximum absolute atomic E-state index is 13.1. The van der Waals surface area contributed by atoms with E-state index < -0.39 is 0 Å². The Hall–Kier alpha value is -1.57. The molecule has 0 aliphatic carbocycles. The van der Waals surface area contributed by atoms with E-state index in [1.54, 1.807) is 18.5 Å². The lowest BCUT2D eigenvalue weighted by molar-refractivity contribution is 0.0646. The number of halogens is 1. The second kappa shape index (κ2) is 9.22. The van der Waals surface area contributed by atoms with Crippen molar-refractivity contribution >= 4 is 29.7 Å². The Kier molecular flexibility index (Phi) is 7.28. The number of hydrogen-bond donors (Lipinski definition) is 1. The van der Waals surface area contributed by atoms with Crippen LogP contribution in [0.15, 0.2) is 18.5 Å². The van der Waals surface area contributed by atoms with E-state index in [1.807, 2.05) is 11.8 Å². The van der Waals surface area contributed by atoms with Crippen molar-refractivity contribution in [2.24, 2.45) is 0 Å². The Bertz CT molecular complexity index is 688. The number of carbonyl (C=O) groups excluding carboxylic acids is 1. The molecule has 1 aliphatic heterocycles. The van der Waals surface area contributed by atoms with Crippen molar-refractivity contribution in [1.82, 2.24) is 25.2 Å². The van der Waals surface area contributed by atoms with Crippen molar-refractivity contribution in [2.45, 2.75) is 39.2 Å². The first-order chi connectivity index (χ1) is 11.7. The minimum atomic E-state index is 0. The summed E-state index contributed by atoms with van der Waals surface area (Å²) < 4.78 is 0. The van der Waals surface area contributed by atoms with Crippen LogP contribution in [-0.2, 0) is 0 Å². The molecule has 0 unspecified atom stereocenters. The number of hydrogen-bond acceptors (Lipinski definition) is 6. The molecule has 1 N–H and O–H groups in total. The number of rotatable bonds is 5. The van der Waals surface area contributed by atoms with Crippen LogP contribution in [0.1, 0.15) is 41.6 Å². The Morgan fingerprint density at radius 3 is 2.64 bits per heavy atom. The van der Waals surface area contributed by atoms with Crippen LogP contribution in [0.5, 0.6) is 0 Å². The SMILES string of the molecule is CCCN(C(=O)c1sc(-c2ncccn2)nc1C)C1CCNCC1.Cl. The number of aromatic nitrogens is 3. The van der Waals surface area contributed by atoms with Gasteiger partial charge in [0.2, 0.25) is 0 Å². The maximum atomic E-state index is 13.1. The fraction of sp³-hybridized carbons (Fsp3) is 0.529. The minimum Gasteiger partial charge on any atom is -0.335 e. The van der Waals surface area contributed by atoms with Gasteiger partial charge in [0.25, 0.3) is 5.91 Å². The Morgan fingerprint density at radius 1 is 1.32 bits per heavy atom. The highest BCUT2D eigenvalue weighted by Gasteiger charge is 2.28. The van der Waals surface area contributed by atoms with Crippen molar-refractivity contribution in [3.05, 3.63) is 29.0 Å². The number of nitrogens with zero attached hydrogens (tertiary/aromatic N) is 4. The van der Waals surface area contributed by atoms with E-state index in [0.29, 0.717) is 21.8 Å². The molecule has 1 saturated heterocycles. The zero-order valence-corrected chi connectivity index (χ0v) is 16.2. The molecule has 0 aromatic carbocycles. The molecule has 1 amide bonds. The maximum Gasteiger partial charge on any atom is 0.266 e. The summed E-state index contributed by atoms with van der Waals surface area (Å²) in [5.41, 5.74) is 0.766. The first-order valence-electron chi connectivity index (χ1n) is 8.47. The number of aryl methyl sites for hydroxylation is 1. The summed E-state index contributed by atoms with van der Waals surface area (Å²) in [4.78, 5) is 28.9. The van der Waals surface area contributed by atoms with Gasteiger partial charge < -0.3 is 10.2 Å². The Balaban J connectivity index is 0.00000225. The highest BCUT2D eigenvalue weighted by molar-refractivity contribution is 7.17. The highest BCUT2D eigenvalue weighted by Crippen LogP contribution is 2.27. The largest absolute Gasteiger partial charge is 0.335 e. The van der Waals surface area contributed by atoms with E-state index in [4.69, 9.17) is 0 Å². The third kappa shape index (κ3) is 4.54. The minimum absolute atomic E-state index is 0. The van der Waals surface area contributed by atoms with Crippen molar-refractivity contribution < 1.29 is 4.79 Å². The van der Waals surface area contributed by atoms with E-state index in [9.17, 15) is 4.79 Å². The summed E-state index contributed by atoms with van der Waals surface area (Å²) in [6.45, 7) is 6.75. The van der Waals surface area contributed by atoms with Gasteiger partial charge in [-0.2, -0.15) is 0 Å². The molecular weight excluding hydrogens is 358 g/mol. The predicted octanol–water partition coefficient (Wildman–Crippen LogP) is 2.93. The summed E-state index contributed by atoms with van der Waals surface area (Å²) in [5.74, 6) is 0.675. The van der Waals surface area contributed by atoms with Crippen LogP contribution in [0.2, 0.25) is 0 Å². The van der Waals surface area contributed by atoms with Gasteiger partial charge in [-0.25, -0.2) is 15.0 Å². The van der Waals surface area contributed by atoms with Gasteiger partial charge in [-0.3, -0.25) is 4.79 Å². The Morgan fingerprint density at radius 2 is 2.00 bits per heavy atom. The summed E-state index contributed by atoms with van der Waals surface area (Å²) >= 11 is 1.40. The van der Waals surface area contributed by atoms with Crippen LogP contribution in [0.4, 0.5) is 0 Å². The average molecular weight is 382 g/mol. The van der Waals surface area contributed by atoms with Crippen LogP contribution in [0.25, 0.3) is 10.8 Å². The third-order valence-electron chi connectivity index (χ3n) is 4.22. The van der Waals surface area contributed by atoms with Gasteiger partial charge in [0.05, 0.1) is 5.69 Å². The van der Waals surface area contributed by atoms with Gasteiger partial charge in [-0.05, 0) is 45.3 Å². The van der Waals surface area contributed by atoms with Crippen LogP contribution >= 0.6 is 23.7 Å². The lowest BCUT2D eigenvalue weighted by Crippen LogP contribution is -2.46. The van der Waals surface area contributed by atoms with Crippen LogP contribution in [-0.4, -0.2) is 51.4 Å². The van der Waals surface area contributed by atoms with Crippen LogP contribution < -0.4 is 5.32 Å². The zero-order chi connectivity index (χ0) is 16.9. The third-order valence-corrected chi connectivity index (χ3v) is 5.36. The molecule has 25 heavy (non-hydrogen) atoms. The van der Waals surface area contributed by atoms with E-state index in [0.717, 1.165) is 44.6 Å². The quantitative estimate of drug-likeness (QED) is 0.862. The Labute approximate surface area is 158 Å². The second-order valence-corrected chi connectivity index (χ2v) is 6.98. The monoisotopic (exact) mass is 381 g/mol. The lowest BCUT2D eigenvalue weighted by atomic mass is 10.0. The van der Waals surface area contributed by atoms with Gasteiger partial charge in [-0.1, -0.05) is 6.92 Å². The summed E-state index contributed by atoms with van der Waals surface area (Å²) in [5, 5.41) is 4.07. The second-order valence-electron chi connectivity index (χ2n) is 5.99. The van der Waals surface area contributed by atoms with Gasteiger partial charge in [0.15, 0.2) is 10.8 Å². The van der Waals surface area contributed by atoms with Crippen LogP contribution in [0.3, 0.4) is 0 Å². The molecule has 2 aromatic heterocycles. The summed E-state index contributed by atoms with van der Waals surface area (Å²) in [7, 11) is 0. The normalized spacial score (nSPS) is 14.8. The average Bonchev–Trinajstić information content (AvgIpc) is 3.02. The van der Waals surface area contributed by atoms with Gasteiger partial charge >= 0.3 is 0 Å².